The molecule has 0 aromatic carbocycles. The molecule has 17 heavy (non-hydrogen) atoms. The Balaban J connectivity index is 2.36. The Labute approximate surface area is 114 Å². The van der Waals surface area contributed by atoms with E-state index in [-0.39, 0.29) is 5.41 Å². The molecule has 0 amide bonds. The van der Waals surface area contributed by atoms with Gasteiger partial charge < -0.3 is 0 Å². The second-order valence-corrected chi connectivity index (χ2v) is 8.79. The number of nitrogens with zero attached hydrogens (tertiary/aromatic N) is 1. The van der Waals surface area contributed by atoms with E-state index in [4.69, 9.17) is 4.98 Å². The van der Waals surface area contributed by atoms with Crippen LogP contribution in [0.15, 0.2) is 5.38 Å². The molecule has 0 saturated heterocycles. The summed E-state index contributed by atoms with van der Waals surface area (Å²) in [6.45, 7) is 13.5. The summed E-state index contributed by atoms with van der Waals surface area (Å²) in [5.74, 6) is 2.42. The molecule has 1 heterocycles. The highest BCUT2D eigenvalue weighted by Crippen LogP contribution is 2.25. The molecule has 0 spiro atoms. The van der Waals surface area contributed by atoms with Crippen LogP contribution in [0.5, 0.6) is 0 Å². The predicted octanol–water partition coefficient (Wildman–Crippen LogP) is 4.76. The van der Waals surface area contributed by atoms with Gasteiger partial charge in [0.2, 0.25) is 0 Å². The largest absolute Gasteiger partial charge is 0.246 e. The zero-order valence-electron chi connectivity index (χ0n) is 12.0. The summed E-state index contributed by atoms with van der Waals surface area (Å²) in [6, 6.07) is 0. The van der Waals surface area contributed by atoms with E-state index in [1.165, 1.54) is 22.2 Å². The fourth-order valence-corrected chi connectivity index (χ4v) is 3.56. The average molecular weight is 271 g/mol. The summed E-state index contributed by atoms with van der Waals surface area (Å²) >= 11 is 3.85. The third-order valence-corrected chi connectivity index (χ3v) is 4.79. The van der Waals surface area contributed by atoms with Crippen LogP contribution in [0, 0.1) is 5.41 Å². The van der Waals surface area contributed by atoms with Crippen molar-refractivity contribution in [3.8, 4) is 0 Å². The standard InChI is InChI=1S/C14H25NS2/c1-13(2,3)10-16-8-7-12-15-11(9-17-12)14(4,5)6/h9H,7-8,10H2,1-6H3. The summed E-state index contributed by atoms with van der Waals surface area (Å²) in [5.41, 5.74) is 1.86. The molecule has 0 saturated carbocycles. The van der Waals surface area contributed by atoms with Crippen molar-refractivity contribution < 1.29 is 0 Å². The van der Waals surface area contributed by atoms with E-state index in [2.05, 4.69) is 46.9 Å². The summed E-state index contributed by atoms with van der Waals surface area (Å²) in [5, 5.41) is 3.50. The van der Waals surface area contributed by atoms with Crippen molar-refractivity contribution in [3.63, 3.8) is 0 Å². The van der Waals surface area contributed by atoms with Crippen molar-refractivity contribution in [1.29, 1.82) is 0 Å². The molecule has 0 radical (unpaired) electrons. The first-order valence-corrected chi connectivity index (χ1v) is 8.24. The van der Waals surface area contributed by atoms with Gasteiger partial charge in [0, 0.05) is 17.2 Å². The van der Waals surface area contributed by atoms with Gasteiger partial charge in [-0.1, -0.05) is 41.5 Å². The zero-order chi connectivity index (χ0) is 13.1. The topological polar surface area (TPSA) is 12.9 Å². The van der Waals surface area contributed by atoms with Crippen molar-refractivity contribution in [3.05, 3.63) is 16.1 Å². The number of hydrogen-bond acceptors (Lipinski definition) is 3. The molecule has 0 bridgehead atoms. The van der Waals surface area contributed by atoms with Gasteiger partial charge in [-0.2, -0.15) is 11.8 Å². The Kier molecular flexibility index (Phi) is 5.08. The van der Waals surface area contributed by atoms with E-state index in [9.17, 15) is 0 Å². The number of aromatic nitrogens is 1. The van der Waals surface area contributed by atoms with E-state index in [1.807, 2.05) is 23.1 Å². The van der Waals surface area contributed by atoms with Crippen molar-refractivity contribution in [1.82, 2.24) is 4.98 Å². The number of hydrogen-bond donors (Lipinski definition) is 0. The van der Waals surface area contributed by atoms with Crippen LogP contribution in [-0.4, -0.2) is 16.5 Å². The van der Waals surface area contributed by atoms with Gasteiger partial charge in [0.15, 0.2) is 0 Å². The molecule has 0 atom stereocenters. The normalized spacial score (nSPS) is 13.1. The van der Waals surface area contributed by atoms with Crippen LogP contribution >= 0.6 is 23.1 Å². The Morgan fingerprint density at radius 1 is 1.18 bits per heavy atom. The molecular formula is C14H25NS2. The lowest BCUT2D eigenvalue weighted by atomic mass is 9.93. The minimum Gasteiger partial charge on any atom is -0.246 e. The highest BCUT2D eigenvalue weighted by atomic mass is 32.2. The lowest BCUT2D eigenvalue weighted by molar-refractivity contribution is 0.481. The lowest BCUT2D eigenvalue weighted by Gasteiger charge is -2.16. The quantitative estimate of drug-likeness (QED) is 0.732. The molecule has 98 valence electrons. The molecule has 0 fully saturated rings. The Bertz CT molecular complexity index is 342. The SMILES string of the molecule is CC(C)(C)CSCCc1nc(C(C)(C)C)cs1. The maximum absolute atomic E-state index is 4.72. The number of thiazole rings is 1. The van der Waals surface area contributed by atoms with Crippen LogP contribution < -0.4 is 0 Å². The van der Waals surface area contributed by atoms with Gasteiger partial charge in [0.05, 0.1) is 10.7 Å². The van der Waals surface area contributed by atoms with Crippen LogP contribution in [0.2, 0.25) is 0 Å². The first-order valence-electron chi connectivity index (χ1n) is 6.21. The molecule has 1 nitrogen and oxygen atoms in total. The minimum atomic E-state index is 0.188. The molecule has 0 aliphatic rings. The Morgan fingerprint density at radius 2 is 1.82 bits per heavy atom. The van der Waals surface area contributed by atoms with Crippen LogP contribution in [0.25, 0.3) is 0 Å². The van der Waals surface area contributed by atoms with Crippen molar-refractivity contribution in [2.75, 3.05) is 11.5 Å². The van der Waals surface area contributed by atoms with Crippen LogP contribution in [0.4, 0.5) is 0 Å². The predicted molar refractivity (Wildman–Crippen MR) is 81.3 cm³/mol. The first-order chi connectivity index (χ1) is 7.68. The summed E-state index contributed by atoms with van der Waals surface area (Å²) in [7, 11) is 0. The molecule has 1 aromatic rings. The summed E-state index contributed by atoms with van der Waals surface area (Å²) < 4.78 is 0. The van der Waals surface area contributed by atoms with Crippen LogP contribution in [0.1, 0.15) is 52.2 Å². The molecule has 0 aliphatic heterocycles. The summed E-state index contributed by atoms with van der Waals surface area (Å²) in [4.78, 5) is 4.72. The third kappa shape index (κ3) is 5.91. The summed E-state index contributed by atoms with van der Waals surface area (Å²) in [6.07, 6.45) is 1.11. The molecule has 0 aliphatic carbocycles. The maximum atomic E-state index is 4.72. The van der Waals surface area contributed by atoms with Gasteiger partial charge in [-0.25, -0.2) is 4.98 Å². The van der Waals surface area contributed by atoms with Crippen LogP contribution in [-0.2, 0) is 11.8 Å². The third-order valence-electron chi connectivity index (χ3n) is 2.32. The van der Waals surface area contributed by atoms with Crippen LogP contribution in [0.3, 0.4) is 0 Å². The van der Waals surface area contributed by atoms with Gasteiger partial charge >= 0.3 is 0 Å². The van der Waals surface area contributed by atoms with E-state index in [0.717, 1.165) is 6.42 Å². The highest BCUT2D eigenvalue weighted by molar-refractivity contribution is 7.99. The first kappa shape index (κ1) is 15.0. The average Bonchev–Trinajstić information content (AvgIpc) is 2.58. The second kappa shape index (κ2) is 5.75. The van der Waals surface area contributed by atoms with Crippen molar-refractivity contribution in [2.24, 2.45) is 5.41 Å². The van der Waals surface area contributed by atoms with E-state index in [1.54, 1.807) is 0 Å². The molecule has 0 N–H and O–H groups in total. The number of rotatable bonds is 4. The molecule has 1 aromatic heterocycles. The Morgan fingerprint density at radius 3 is 2.29 bits per heavy atom. The fourth-order valence-electron chi connectivity index (χ4n) is 1.31. The van der Waals surface area contributed by atoms with Gasteiger partial charge in [-0.3, -0.25) is 0 Å². The fraction of sp³-hybridized carbons (Fsp3) is 0.786. The molecule has 1 rings (SSSR count). The van der Waals surface area contributed by atoms with Gasteiger partial charge in [-0.15, -0.1) is 11.3 Å². The van der Waals surface area contributed by atoms with Gasteiger partial charge in [0.1, 0.15) is 0 Å². The second-order valence-electron chi connectivity index (χ2n) is 6.74. The number of aryl methyl sites for hydroxylation is 1. The van der Waals surface area contributed by atoms with E-state index >= 15 is 0 Å². The molecular weight excluding hydrogens is 246 g/mol. The van der Waals surface area contributed by atoms with E-state index in [0.29, 0.717) is 5.41 Å². The zero-order valence-corrected chi connectivity index (χ0v) is 13.6. The molecule has 3 heteroatoms. The Hall–Kier alpha value is -0.0200. The van der Waals surface area contributed by atoms with Gasteiger partial charge in [-0.05, 0) is 16.9 Å². The lowest BCUT2D eigenvalue weighted by Crippen LogP contribution is -2.11. The number of thioether (sulfide) groups is 1. The van der Waals surface area contributed by atoms with Gasteiger partial charge in [0.25, 0.3) is 0 Å². The minimum absolute atomic E-state index is 0.188. The smallest absolute Gasteiger partial charge is 0.0936 e. The molecule has 0 unspecified atom stereocenters. The monoisotopic (exact) mass is 271 g/mol. The van der Waals surface area contributed by atoms with Crippen molar-refractivity contribution in [2.45, 2.75) is 53.4 Å². The van der Waals surface area contributed by atoms with Crippen molar-refractivity contribution >= 4 is 23.1 Å². The highest BCUT2D eigenvalue weighted by Gasteiger charge is 2.17. The maximum Gasteiger partial charge on any atom is 0.0936 e. The van der Waals surface area contributed by atoms with E-state index < -0.39 is 0 Å².